The number of benzene rings is 6. The van der Waals surface area contributed by atoms with Crippen LogP contribution in [0.3, 0.4) is 0 Å². The van der Waals surface area contributed by atoms with Crippen molar-refractivity contribution in [3.05, 3.63) is 209 Å². The Balaban J connectivity index is 0.000000176. The number of rotatable bonds is 11. The Morgan fingerprint density at radius 2 is 1.06 bits per heavy atom. The molecule has 15 heteroatoms. The van der Waals surface area contributed by atoms with Crippen molar-refractivity contribution in [1.29, 1.82) is 0 Å². The summed E-state index contributed by atoms with van der Waals surface area (Å²) in [5.74, 6) is -1.09. The van der Waals surface area contributed by atoms with Crippen LogP contribution in [0.5, 0.6) is 0 Å². The molecule has 4 N–H and O–H groups in total. The van der Waals surface area contributed by atoms with E-state index in [1.165, 1.54) is 35.6 Å². The normalized spacial score (nSPS) is 10.9. The van der Waals surface area contributed by atoms with Crippen LogP contribution in [0.2, 0.25) is 0 Å². The van der Waals surface area contributed by atoms with Crippen LogP contribution in [-0.2, 0) is 6.54 Å². The van der Waals surface area contributed by atoms with Crippen LogP contribution in [0.15, 0.2) is 172 Å². The van der Waals surface area contributed by atoms with Gasteiger partial charge in [0.2, 0.25) is 0 Å². The molecule has 10 aromatic rings. The molecule has 4 heterocycles. The van der Waals surface area contributed by atoms with Crippen molar-refractivity contribution in [3.8, 4) is 44.9 Å². The van der Waals surface area contributed by atoms with Crippen LogP contribution in [0.1, 0.15) is 52.7 Å². The predicted octanol–water partition coefficient (Wildman–Crippen LogP) is 11.9. The van der Waals surface area contributed by atoms with Crippen molar-refractivity contribution in [1.82, 2.24) is 25.9 Å². The lowest BCUT2D eigenvalue weighted by molar-refractivity contribution is 0.0946. The minimum Gasteiger partial charge on any atom is -0.455 e. The number of hydrogen-bond acceptors (Lipinski definition) is 9. The van der Waals surface area contributed by atoms with E-state index in [0.29, 0.717) is 78.5 Å². The summed E-state index contributed by atoms with van der Waals surface area (Å²) in [4.78, 5) is 59.5. The maximum atomic E-state index is 13.5. The van der Waals surface area contributed by atoms with Gasteiger partial charge in [0.05, 0.1) is 16.8 Å². The van der Waals surface area contributed by atoms with Crippen molar-refractivity contribution in [2.45, 2.75) is 13.5 Å². The second-order valence-corrected chi connectivity index (χ2v) is 17.0. The minimum absolute atomic E-state index is 0.199. The van der Waals surface area contributed by atoms with Crippen LogP contribution >= 0.6 is 11.3 Å². The van der Waals surface area contributed by atoms with Gasteiger partial charge in [-0.15, -0.1) is 11.3 Å². The Hall–Kier alpha value is -9.08. The summed E-state index contributed by atoms with van der Waals surface area (Å²) >= 11 is 1.37. The van der Waals surface area contributed by atoms with Crippen molar-refractivity contribution >= 4 is 62.0 Å². The summed E-state index contributed by atoms with van der Waals surface area (Å²) in [6, 6.07) is 40.9. The molecule has 0 saturated heterocycles. The molecular formula is C56H42F2N6O6S. The highest BCUT2D eigenvalue weighted by molar-refractivity contribution is 7.14. The maximum absolute atomic E-state index is 13.5. The summed E-state index contributed by atoms with van der Waals surface area (Å²) < 4.78 is 38.9. The average molecular weight is 965 g/mol. The largest absolute Gasteiger partial charge is 0.455 e. The van der Waals surface area contributed by atoms with Gasteiger partial charge in [0.25, 0.3) is 23.6 Å². The highest BCUT2D eigenvalue weighted by Gasteiger charge is 2.24. The number of carbonyl (C=O) groups is 4. The van der Waals surface area contributed by atoms with E-state index in [9.17, 15) is 28.0 Å². The SMILES string of the molecule is CNC(=O)c1c(-c2ccc(F)cc2)oc2ccc(-c3cccc(C(=O)NCc4cccnc4)c3)cc12.CNC(=O)c1c(-c2ccc(F)cc2)oc2ccc(-c3cccc(C(=O)Nc4nc(C)cs4)c3)cc12. The average Bonchev–Trinajstić information content (AvgIpc) is 4.12. The molecule has 352 valence electrons. The molecule has 6 aromatic carbocycles. The number of amides is 4. The van der Waals surface area contributed by atoms with Gasteiger partial charge in [-0.1, -0.05) is 42.5 Å². The molecule has 0 fully saturated rings. The van der Waals surface area contributed by atoms with E-state index in [0.717, 1.165) is 33.5 Å². The first-order valence-electron chi connectivity index (χ1n) is 22.2. The fourth-order valence-corrected chi connectivity index (χ4v) is 8.60. The van der Waals surface area contributed by atoms with Crippen LogP contribution in [-0.4, -0.2) is 47.7 Å². The molecule has 10 rings (SSSR count). The summed E-state index contributed by atoms with van der Waals surface area (Å²) in [5, 5.41) is 14.7. The number of aryl methyl sites for hydroxylation is 1. The second-order valence-electron chi connectivity index (χ2n) is 16.2. The van der Waals surface area contributed by atoms with Gasteiger partial charge in [0.15, 0.2) is 5.13 Å². The van der Waals surface area contributed by atoms with Gasteiger partial charge in [-0.05, 0) is 138 Å². The van der Waals surface area contributed by atoms with E-state index in [-0.39, 0.29) is 35.3 Å². The van der Waals surface area contributed by atoms with Gasteiger partial charge in [-0.25, -0.2) is 13.8 Å². The zero-order valence-corrected chi connectivity index (χ0v) is 39.1. The van der Waals surface area contributed by atoms with Crippen LogP contribution in [0.4, 0.5) is 13.9 Å². The first-order valence-corrected chi connectivity index (χ1v) is 23.0. The quantitative estimate of drug-likeness (QED) is 0.0993. The van der Waals surface area contributed by atoms with Crippen molar-refractivity contribution in [2.24, 2.45) is 0 Å². The molecule has 71 heavy (non-hydrogen) atoms. The molecule has 0 radical (unpaired) electrons. The van der Waals surface area contributed by atoms with Gasteiger partial charge in [0.1, 0.15) is 34.3 Å². The number of hydrogen-bond donors (Lipinski definition) is 4. The van der Waals surface area contributed by atoms with Gasteiger partial charge in [0, 0.05) is 71.4 Å². The van der Waals surface area contributed by atoms with E-state index in [1.54, 1.807) is 93.2 Å². The Bertz CT molecular complexity index is 3610. The predicted molar refractivity (Wildman–Crippen MR) is 271 cm³/mol. The Morgan fingerprint density at radius 1 is 0.563 bits per heavy atom. The molecule has 0 saturated carbocycles. The number of thiazole rings is 1. The third-order valence-corrected chi connectivity index (χ3v) is 12.3. The number of nitrogens with zero attached hydrogens (tertiary/aromatic N) is 2. The minimum atomic E-state index is -0.373. The molecule has 0 spiro atoms. The van der Waals surface area contributed by atoms with E-state index in [1.807, 2.05) is 66.9 Å². The first-order chi connectivity index (χ1) is 34.5. The molecule has 0 unspecified atom stereocenters. The van der Waals surface area contributed by atoms with Gasteiger partial charge < -0.3 is 24.8 Å². The number of furan rings is 2. The molecule has 0 aliphatic carbocycles. The lowest BCUT2D eigenvalue weighted by atomic mass is 9.99. The molecule has 0 atom stereocenters. The maximum Gasteiger partial charge on any atom is 0.257 e. The number of carbonyl (C=O) groups excluding carboxylic acids is 4. The van der Waals surface area contributed by atoms with Gasteiger partial charge in [-0.3, -0.25) is 29.5 Å². The summed E-state index contributed by atoms with van der Waals surface area (Å²) in [7, 11) is 3.10. The fourth-order valence-electron chi connectivity index (χ4n) is 7.91. The molecule has 12 nitrogen and oxygen atoms in total. The Kier molecular flexibility index (Phi) is 13.7. The Morgan fingerprint density at radius 3 is 1.52 bits per heavy atom. The highest BCUT2D eigenvalue weighted by atomic mass is 32.1. The molecule has 0 aliphatic rings. The third-order valence-electron chi connectivity index (χ3n) is 11.4. The monoisotopic (exact) mass is 964 g/mol. The molecule has 0 aliphatic heterocycles. The first kappa shape index (κ1) is 47.0. The zero-order valence-electron chi connectivity index (χ0n) is 38.3. The Labute approximate surface area is 409 Å². The lowest BCUT2D eigenvalue weighted by Crippen LogP contribution is -2.22. The van der Waals surface area contributed by atoms with E-state index < -0.39 is 0 Å². The second kappa shape index (κ2) is 20.6. The molecule has 4 amide bonds. The van der Waals surface area contributed by atoms with E-state index >= 15 is 0 Å². The lowest BCUT2D eigenvalue weighted by Gasteiger charge is -2.08. The number of halogens is 2. The van der Waals surface area contributed by atoms with E-state index in [2.05, 4.69) is 31.2 Å². The number of aromatic nitrogens is 2. The number of fused-ring (bicyclic) bond motifs is 2. The molecule has 0 bridgehead atoms. The van der Waals surface area contributed by atoms with Gasteiger partial charge >= 0.3 is 0 Å². The van der Waals surface area contributed by atoms with Crippen LogP contribution in [0.25, 0.3) is 66.8 Å². The van der Waals surface area contributed by atoms with Gasteiger partial charge in [-0.2, -0.15) is 0 Å². The highest BCUT2D eigenvalue weighted by Crippen LogP contribution is 2.38. The number of anilines is 1. The summed E-state index contributed by atoms with van der Waals surface area (Å²) in [6.45, 7) is 2.24. The van der Waals surface area contributed by atoms with Crippen LogP contribution < -0.4 is 21.3 Å². The van der Waals surface area contributed by atoms with E-state index in [4.69, 9.17) is 8.83 Å². The van der Waals surface area contributed by atoms with Crippen molar-refractivity contribution in [2.75, 3.05) is 19.4 Å². The fraction of sp³-hybridized carbons (Fsp3) is 0.0714. The smallest absolute Gasteiger partial charge is 0.257 e. The molecular weight excluding hydrogens is 923 g/mol. The molecule has 4 aromatic heterocycles. The summed E-state index contributed by atoms with van der Waals surface area (Å²) in [6.07, 6.45) is 3.39. The topological polar surface area (TPSA) is 168 Å². The van der Waals surface area contributed by atoms with Crippen LogP contribution in [0, 0.1) is 18.6 Å². The van der Waals surface area contributed by atoms with Crippen molar-refractivity contribution < 1.29 is 36.8 Å². The number of nitrogens with one attached hydrogen (secondary N) is 4. The standard InChI is InChI=1S/C29H22FN3O3.C27H20FN3O3S/c1-31-29(35)26-24-15-21(9-12-25(24)36-27(26)19-7-10-23(30)11-8-19)20-5-2-6-22(14-20)28(34)33-17-18-4-3-13-32-16-18;1-15-14-35-27(30-15)31-25(32)19-5-3-4-17(12-19)18-8-11-22-21(13-18)23(26(33)29-2)24(34-22)16-6-9-20(28)10-7-16/h2-16H,17H2,1H3,(H,31,35)(H,33,34);3-14H,1-2H3,(H,29,33)(H,30,31,32). The zero-order chi connectivity index (χ0) is 49.6. The summed E-state index contributed by atoms with van der Waals surface area (Å²) in [5.41, 5.74) is 9.00. The van der Waals surface area contributed by atoms with Crippen molar-refractivity contribution in [3.63, 3.8) is 0 Å². The third kappa shape index (κ3) is 10.4. The number of pyridine rings is 1.